The molecule has 1 N–H and O–H groups in total. The maximum absolute atomic E-state index is 13.0. The molecule has 1 atom stereocenters. The number of methoxy groups -OCH3 is 2. The van der Waals surface area contributed by atoms with E-state index in [2.05, 4.69) is 15.5 Å². The van der Waals surface area contributed by atoms with Gasteiger partial charge in [0.2, 0.25) is 0 Å². The summed E-state index contributed by atoms with van der Waals surface area (Å²) in [6, 6.07) is 10.6. The molecule has 140 valence electrons. The molecular weight excluding hydrogens is 353 g/mol. The molecule has 0 fully saturated rings. The minimum absolute atomic E-state index is 0.110. The molecule has 3 rings (SSSR count). The molecule has 8 heteroatoms. The van der Waals surface area contributed by atoms with Crippen LogP contribution in [0, 0.1) is 5.82 Å². The Hall–Kier alpha value is -3.42. The second kappa shape index (κ2) is 7.86. The summed E-state index contributed by atoms with van der Waals surface area (Å²) in [7, 11) is 3.10. The van der Waals surface area contributed by atoms with E-state index in [-0.39, 0.29) is 23.6 Å². The number of nitrogens with one attached hydrogen (secondary N) is 1. The first-order valence-corrected chi connectivity index (χ1v) is 8.14. The largest absolute Gasteiger partial charge is 0.493 e. The molecule has 0 spiro atoms. The fourth-order valence-corrected chi connectivity index (χ4v) is 2.49. The van der Waals surface area contributed by atoms with E-state index < -0.39 is 5.91 Å². The van der Waals surface area contributed by atoms with E-state index >= 15 is 0 Å². The molecule has 0 saturated heterocycles. The number of carbonyl (C=O) groups excluding carboxylic acids is 1. The Morgan fingerprint density at radius 3 is 2.48 bits per heavy atom. The smallest absolute Gasteiger partial charge is 0.293 e. The number of amides is 1. The van der Waals surface area contributed by atoms with Gasteiger partial charge in [0.25, 0.3) is 17.6 Å². The number of halogens is 1. The predicted molar refractivity (Wildman–Crippen MR) is 95.1 cm³/mol. The van der Waals surface area contributed by atoms with Crippen LogP contribution < -0.4 is 14.8 Å². The van der Waals surface area contributed by atoms with Gasteiger partial charge < -0.3 is 19.3 Å². The highest BCUT2D eigenvalue weighted by atomic mass is 19.1. The van der Waals surface area contributed by atoms with Crippen molar-refractivity contribution < 1.29 is 23.2 Å². The Morgan fingerprint density at radius 2 is 1.81 bits per heavy atom. The van der Waals surface area contributed by atoms with Gasteiger partial charge in [-0.3, -0.25) is 4.79 Å². The minimum Gasteiger partial charge on any atom is -0.493 e. The van der Waals surface area contributed by atoms with Crippen molar-refractivity contribution in [1.29, 1.82) is 0 Å². The molecule has 0 aliphatic rings. The van der Waals surface area contributed by atoms with Crippen molar-refractivity contribution in [2.75, 3.05) is 14.2 Å². The van der Waals surface area contributed by atoms with Gasteiger partial charge in [-0.15, -0.1) is 0 Å². The quantitative estimate of drug-likeness (QED) is 0.715. The highest BCUT2D eigenvalue weighted by molar-refractivity contribution is 5.90. The summed E-state index contributed by atoms with van der Waals surface area (Å²) in [6.45, 7) is 1.82. The number of hydrogen-bond acceptors (Lipinski definition) is 6. The van der Waals surface area contributed by atoms with Gasteiger partial charge in [0.15, 0.2) is 11.5 Å². The zero-order valence-corrected chi connectivity index (χ0v) is 15.0. The molecule has 2 aromatic carbocycles. The summed E-state index contributed by atoms with van der Waals surface area (Å²) >= 11 is 0. The lowest BCUT2D eigenvalue weighted by Crippen LogP contribution is -2.27. The maximum atomic E-state index is 13.0. The summed E-state index contributed by atoms with van der Waals surface area (Å²) in [4.78, 5) is 16.5. The highest BCUT2D eigenvalue weighted by Crippen LogP contribution is 2.30. The Balaban J connectivity index is 1.73. The van der Waals surface area contributed by atoms with E-state index in [4.69, 9.17) is 14.0 Å². The number of aromatic nitrogens is 2. The summed E-state index contributed by atoms with van der Waals surface area (Å²) in [6.07, 6.45) is 0. The van der Waals surface area contributed by atoms with E-state index in [1.807, 2.05) is 13.0 Å². The third-order valence-corrected chi connectivity index (χ3v) is 3.98. The second-order valence-corrected chi connectivity index (χ2v) is 5.74. The van der Waals surface area contributed by atoms with Crippen LogP contribution in [-0.2, 0) is 0 Å². The van der Waals surface area contributed by atoms with Crippen LogP contribution in [0.25, 0.3) is 11.5 Å². The van der Waals surface area contributed by atoms with Crippen molar-refractivity contribution in [2.45, 2.75) is 13.0 Å². The van der Waals surface area contributed by atoms with E-state index in [1.165, 1.54) is 24.3 Å². The summed E-state index contributed by atoms with van der Waals surface area (Å²) in [5, 5.41) is 6.48. The van der Waals surface area contributed by atoms with Crippen LogP contribution in [0.4, 0.5) is 4.39 Å². The van der Waals surface area contributed by atoms with Gasteiger partial charge in [-0.2, -0.15) is 4.98 Å². The first-order chi connectivity index (χ1) is 13.0. The molecule has 1 heterocycles. The minimum atomic E-state index is -0.491. The molecule has 0 saturated carbocycles. The van der Waals surface area contributed by atoms with Gasteiger partial charge in [-0.1, -0.05) is 11.2 Å². The van der Waals surface area contributed by atoms with Crippen molar-refractivity contribution in [1.82, 2.24) is 15.5 Å². The van der Waals surface area contributed by atoms with E-state index in [0.29, 0.717) is 17.1 Å². The van der Waals surface area contributed by atoms with Crippen LogP contribution in [0.15, 0.2) is 47.0 Å². The molecule has 0 radical (unpaired) electrons. The van der Waals surface area contributed by atoms with E-state index in [1.54, 1.807) is 26.4 Å². The summed E-state index contributed by atoms with van der Waals surface area (Å²) in [5.74, 6) is 0.325. The Labute approximate surface area is 155 Å². The lowest BCUT2D eigenvalue weighted by atomic mass is 10.1. The highest BCUT2D eigenvalue weighted by Gasteiger charge is 2.19. The third kappa shape index (κ3) is 4.05. The van der Waals surface area contributed by atoms with Gasteiger partial charge in [0.05, 0.1) is 20.3 Å². The standard InChI is InChI=1S/C19H18FN3O4/c1-11(13-6-9-15(25-2)16(10-13)26-3)21-18(24)17-22-19(27-23-17)12-4-7-14(20)8-5-12/h4-11H,1-3H3,(H,21,24)/t11-/m0/s1. The van der Waals surface area contributed by atoms with Crippen molar-refractivity contribution >= 4 is 5.91 Å². The molecule has 3 aromatic rings. The van der Waals surface area contributed by atoms with Crippen LogP contribution in [0.2, 0.25) is 0 Å². The number of nitrogens with zero attached hydrogens (tertiary/aromatic N) is 2. The molecule has 0 aliphatic carbocycles. The fraction of sp³-hybridized carbons (Fsp3) is 0.211. The van der Waals surface area contributed by atoms with Crippen molar-refractivity contribution in [3.05, 3.63) is 59.7 Å². The molecule has 1 aromatic heterocycles. The number of rotatable bonds is 6. The van der Waals surface area contributed by atoms with Gasteiger partial charge >= 0.3 is 0 Å². The van der Waals surface area contributed by atoms with E-state index in [0.717, 1.165) is 5.56 Å². The van der Waals surface area contributed by atoms with Crippen molar-refractivity contribution in [3.8, 4) is 23.0 Å². The Morgan fingerprint density at radius 1 is 1.11 bits per heavy atom. The number of benzene rings is 2. The van der Waals surface area contributed by atoms with Crippen molar-refractivity contribution in [2.24, 2.45) is 0 Å². The summed E-state index contributed by atoms with van der Waals surface area (Å²) in [5.41, 5.74) is 1.35. The third-order valence-electron chi connectivity index (χ3n) is 3.98. The Kier molecular flexibility index (Phi) is 5.35. The average molecular weight is 371 g/mol. The zero-order chi connectivity index (χ0) is 19.4. The summed E-state index contributed by atoms with van der Waals surface area (Å²) < 4.78 is 28.6. The predicted octanol–water partition coefficient (Wildman–Crippen LogP) is 3.38. The van der Waals surface area contributed by atoms with E-state index in [9.17, 15) is 9.18 Å². The monoisotopic (exact) mass is 371 g/mol. The maximum Gasteiger partial charge on any atom is 0.293 e. The number of ether oxygens (including phenoxy) is 2. The first-order valence-electron chi connectivity index (χ1n) is 8.14. The molecule has 27 heavy (non-hydrogen) atoms. The Bertz CT molecular complexity index is 940. The molecule has 7 nitrogen and oxygen atoms in total. The van der Waals surface area contributed by atoms with Crippen LogP contribution in [0.3, 0.4) is 0 Å². The molecule has 1 amide bonds. The van der Waals surface area contributed by atoms with Crippen LogP contribution >= 0.6 is 0 Å². The second-order valence-electron chi connectivity index (χ2n) is 5.74. The SMILES string of the molecule is COc1ccc([C@H](C)NC(=O)c2noc(-c3ccc(F)cc3)n2)cc1OC. The van der Waals surface area contributed by atoms with Crippen LogP contribution in [-0.4, -0.2) is 30.3 Å². The molecule has 0 unspecified atom stereocenters. The fourth-order valence-electron chi connectivity index (χ4n) is 2.49. The average Bonchev–Trinajstić information content (AvgIpc) is 3.18. The first kappa shape index (κ1) is 18.4. The van der Waals surface area contributed by atoms with Gasteiger partial charge in [0, 0.05) is 5.56 Å². The van der Waals surface area contributed by atoms with Crippen molar-refractivity contribution in [3.63, 3.8) is 0 Å². The topological polar surface area (TPSA) is 86.5 Å². The number of hydrogen-bond donors (Lipinski definition) is 1. The molecular formula is C19H18FN3O4. The van der Waals surface area contributed by atoms with Gasteiger partial charge in [0.1, 0.15) is 5.82 Å². The lowest BCUT2D eigenvalue weighted by molar-refractivity contribution is 0.0926. The van der Waals surface area contributed by atoms with Gasteiger partial charge in [-0.25, -0.2) is 4.39 Å². The normalized spacial score (nSPS) is 11.7. The van der Waals surface area contributed by atoms with Gasteiger partial charge in [-0.05, 0) is 48.9 Å². The number of carbonyl (C=O) groups is 1. The van der Waals surface area contributed by atoms with Crippen LogP contribution in [0.1, 0.15) is 29.1 Å². The zero-order valence-electron chi connectivity index (χ0n) is 15.0. The van der Waals surface area contributed by atoms with Crippen LogP contribution in [0.5, 0.6) is 11.5 Å². The molecule has 0 bridgehead atoms. The lowest BCUT2D eigenvalue weighted by Gasteiger charge is -2.15. The molecule has 0 aliphatic heterocycles.